The van der Waals surface area contributed by atoms with Crippen molar-refractivity contribution in [3.8, 4) is 5.75 Å². The van der Waals surface area contributed by atoms with Gasteiger partial charge in [-0.2, -0.15) is 0 Å². The summed E-state index contributed by atoms with van der Waals surface area (Å²) in [4.78, 5) is 22.2. The van der Waals surface area contributed by atoms with Crippen LogP contribution in [0.2, 0.25) is 0 Å². The van der Waals surface area contributed by atoms with Crippen LogP contribution in [0.25, 0.3) is 0 Å². The predicted molar refractivity (Wildman–Crippen MR) is 54.5 cm³/mol. The summed E-state index contributed by atoms with van der Waals surface area (Å²) in [5.41, 5.74) is 0.922. The first kappa shape index (κ1) is 11.2. The second-order valence-corrected chi connectivity index (χ2v) is 3.45. The Morgan fingerprint density at radius 2 is 1.73 bits per heavy atom. The molecule has 1 aromatic rings. The smallest absolute Gasteiger partial charge is 0.336 e. The molecule has 0 spiro atoms. The lowest BCUT2D eigenvalue weighted by molar-refractivity contribution is 0.0695. The Labute approximate surface area is 87.2 Å². The molecule has 0 unspecified atom stereocenters. The summed E-state index contributed by atoms with van der Waals surface area (Å²) in [6, 6.07) is 1.30. The number of carboxylic acid groups (broad SMARTS) is 1. The number of carbonyl (C=O) groups is 2. The highest BCUT2D eigenvalue weighted by Gasteiger charge is 2.19. The van der Waals surface area contributed by atoms with E-state index in [1.165, 1.54) is 19.9 Å². The molecule has 0 saturated carbocycles. The van der Waals surface area contributed by atoms with Crippen molar-refractivity contribution in [2.45, 2.75) is 20.8 Å². The van der Waals surface area contributed by atoms with Gasteiger partial charge in [-0.05, 0) is 38.0 Å². The van der Waals surface area contributed by atoms with E-state index in [0.717, 1.165) is 0 Å². The van der Waals surface area contributed by atoms with Crippen LogP contribution in [0.4, 0.5) is 0 Å². The molecule has 0 saturated heterocycles. The number of phenols is 1. The van der Waals surface area contributed by atoms with E-state index >= 15 is 0 Å². The zero-order valence-electron chi connectivity index (χ0n) is 8.79. The number of hydrogen-bond acceptors (Lipinski definition) is 3. The second kappa shape index (κ2) is 3.73. The number of phenolic OH excluding ortho intramolecular Hbond substituents is 1. The molecule has 0 fully saturated rings. The third-order valence-electron chi connectivity index (χ3n) is 2.32. The van der Waals surface area contributed by atoms with E-state index in [2.05, 4.69) is 0 Å². The zero-order valence-corrected chi connectivity index (χ0v) is 8.79. The number of Topliss-reactive ketones (excluding diaryl/α,β-unsaturated/α-hetero) is 1. The van der Waals surface area contributed by atoms with Gasteiger partial charge in [-0.15, -0.1) is 0 Å². The molecule has 0 aromatic heterocycles. The minimum Gasteiger partial charge on any atom is -0.507 e. The summed E-state index contributed by atoms with van der Waals surface area (Å²) in [6.45, 7) is 4.40. The van der Waals surface area contributed by atoms with Crippen LogP contribution in [0.15, 0.2) is 6.07 Å². The fraction of sp³-hybridized carbons (Fsp3) is 0.273. The van der Waals surface area contributed by atoms with Crippen LogP contribution < -0.4 is 0 Å². The van der Waals surface area contributed by atoms with Crippen LogP contribution in [-0.4, -0.2) is 22.0 Å². The quantitative estimate of drug-likeness (QED) is 0.728. The van der Waals surface area contributed by atoms with Gasteiger partial charge in [-0.3, -0.25) is 4.79 Å². The van der Waals surface area contributed by atoms with Crippen LogP contribution in [0.1, 0.15) is 38.8 Å². The van der Waals surface area contributed by atoms with E-state index in [0.29, 0.717) is 11.1 Å². The van der Waals surface area contributed by atoms with E-state index in [1.54, 1.807) is 6.92 Å². The molecule has 0 radical (unpaired) electrons. The number of aromatic carboxylic acids is 1. The fourth-order valence-corrected chi connectivity index (χ4v) is 1.74. The molecule has 4 heteroatoms. The van der Waals surface area contributed by atoms with Crippen molar-refractivity contribution in [3.63, 3.8) is 0 Å². The van der Waals surface area contributed by atoms with Crippen LogP contribution in [0, 0.1) is 13.8 Å². The Kier molecular flexibility index (Phi) is 2.79. The number of benzene rings is 1. The third-order valence-corrected chi connectivity index (χ3v) is 2.32. The number of carboxylic acids is 1. The molecule has 0 bridgehead atoms. The molecule has 1 rings (SSSR count). The molecule has 80 valence electrons. The maximum Gasteiger partial charge on any atom is 0.336 e. The molecule has 15 heavy (non-hydrogen) atoms. The van der Waals surface area contributed by atoms with Crippen LogP contribution in [-0.2, 0) is 0 Å². The van der Waals surface area contributed by atoms with E-state index in [-0.39, 0.29) is 22.7 Å². The van der Waals surface area contributed by atoms with Gasteiger partial charge in [0.05, 0.1) is 11.1 Å². The number of aryl methyl sites for hydroxylation is 1. The highest BCUT2D eigenvalue weighted by molar-refractivity contribution is 6.02. The Balaban J connectivity index is 3.64. The predicted octanol–water partition coefficient (Wildman–Crippen LogP) is 1.91. The molecule has 0 aliphatic heterocycles. The van der Waals surface area contributed by atoms with Gasteiger partial charge >= 0.3 is 5.97 Å². The molecule has 0 atom stereocenters. The summed E-state index contributed by atoms with van der Waals surface area (Å²) in [5.74, 6) is -1.59. The number of hydrogen-bond donors (Lipinski definition) is 2. The van der Waals surface area contributed by atoms with Crippen molar-refractivity contribution < 1.29 is 19.8 Å². The molecular weight excluding hydrogens is 196 g/mol. The van der Waals surface area contributed by atoms with Crippen LogP contribution in [0.5, 0.6) is 5.75 Å². The monoisotopic (exact) mass is 208 g/mol. The van der Waals surface area contributed by atoms with E-state index in [9.17, 15) is 14.7 Å². The number of rotatable bonds is 2. The van der Waals surface area contributed by atoms with Crippen molar-refractivity contribution in [2.75, 3.05) is 0 Å². The molecular formula is C11H12O4. The molecule has 0 amide bonds. The number of ketones is 1. The van der Waals surface area contributed by atoms with Crippen LogP contribution in [0.3, 0.4) is 0 Å². The largest absolute Gasteiger partial charge is 0.507 e. The second-order valence-electron chi connectivity index (χ2n) is 3.45. The Morgan fingerprint density at radius 1 is 1.20 bits per heavy atom. The minimum atomic E-state index is -1.09. The van der Waals surface area contributed by atoms with Crippen molar-refractivity contribution in [1.82, 2.24) is 0 Å². The third kappa shape index (κ3) is 1.83. The van der Waals surface area contributed by atoms with Crippen molar-refractivity contribution in [3.05, 3.63) is 28.3 Å². The molecule has 1 aromatic carbocycles. The van der Waals surface area contributed by atoms with Gasteiger partial charge in [0.2, 0.25) is 0 Å². The van der Waals surface area contributed by atoms with Crippen LogP contribution >= 0.6 is 0 Å². The van der Waals surface area contributed by atoms with Crippen molar-refractivity contribution in [1.29, 1.82) is 0 Å². The van der Waals surface area contributed by atoms with E-state index in [1.807, 2.05) is 0 Å². The summed E-state index contributed by atoms with van der Waals surface area (Å²) in [6.07, 6.45) is 0. The summed E-state index contributed by atoms with van der Waals surface area (Å²) >= 11 is 0. The number of aromatic hydroxyl groups is 1. The topological polar surface area (TPSA) is 74.6 Å². The maximum absolute atomic E-state index is 11.2. The Bertz CT molecular complexity index is 408. The average Bonchev–Trinajstić information content (AvgIpc) is 1.99. The lowest BCUT2D eigenvalue weighted by Gasteiger charge is -2.11. The SMILES string of the molecule is CC(=O)c1c(O)cc(C)c(C(=O)O)c1C. The summed E-state index contributed by atoms with van der Waals surface area (Å²) in [7, 11) is 0. The lowest BCUT2D eigenvalue weighted by Crippen LogP contribution is -2.08. The van der Waals surface area contributed by atoms with Gasteiger partial charge in [0.1, 0.15) is 5.75 Å². The standard InChI is InChI=1S/C11H12O4/c1-5-4-8(13)10(7(3)12)6(2)9(5)11(14)15/h4,13H,1-3H3,(H,14,15). The molecule has 0 aliphatic rings. The van der Waals surface area contributed by atoms with Gasteiger partial charge in [0, 0.05) is 0 Å². The van der Waals surface area contributed by atoms with Gasteiger partial charge in [-0.25, -0.2) is 4.79 Å². The Hall–Kier alpha value is -1.84. The van der Waals surface area contributed by atoms with E-state index < -0.39 is 5.97 Å². The molecule has 0 aliphatic carbocycles. The first-order valence-corrected chi connectivity index (χ1v) is 4.43. The molecule has 0 heterocycles. The van der Waals surface area contributed by atoms with E-state index in [4.69, 9.17) is 5.11 Å². The highest BCUT2D eigenvalue weighted by atomic mass is 16.4. The zero-order chi connectivity index (χ0) is 11.7. The van der Waals surface area contributed by atoms with Gasteiger partial charge in [-0.1, -0.05) is 0 Å². The lowest BCUT2D eigenvalue weighted by atomic mass is 9.95. The van der Waals surface area contributed by atoms with Gasteiger partial charge < -0.3 is 10.2 Å². The first-order chi connectivity index (χ1) is 6.86. The van der Waals surface area contributed by atoms with Crippen molar-refractivity contribution >= 4 is 11.8 Å². The normalized spacial score (nSPS) is 10.1. The molecule has 4 nitrogen and oxygen atoms in total. The fourth-order valence-electron chi connectivity index (χ4n) is 1.74. The van der Waals surface area contributed by atoms with Gasteiger partial charge in [0.25, 0.3) is 0 Å². The minimum absolute atomic E-state index is 0.0815. The first-order valence-electron chi connectivity index (χ1n) is 4.43. The molecule has 2 N–H and O–H groups in total. The van der Waals surface area contributed by atoms with Crippen molar-refractivity contribution in [2.24, 2.45) is 0 Å². The highest BCUT2D eigenvalue weighted by Crippen LogP contribution is 2.27. The number of carbonyl (C=O) groups excluding carboxylic acids is 1. The maximum atomic E-state index is 11.2. The van der Waals surface area contributed by atoms with Gasteiger partial charge in [0.15, 0.2) is 5.78 Å². The average molecular weight is 208 g/mol. The summed E-state index contributed by atoms with van der Waals surface area (Å²) < 4.78 is 0. The Morgan fingerprint density at radius 3 is 2.13 bits per heavy atom. The summed E-state index contributed by atoms with van der Waals surface area (Å²) in [5, 5.41) is 18.5.